The number of aliphatic hydroxyl groups is 1. The highest BCUT2D eigenvalue weighted by Gasteiger charge is 2.57. The number of hydrogen-bond acceptors (Lipinski definition) is 4. The summed E-state index contributed by atoms with van der Waals surface area (Å²) in [5, 5.41) is 20.8. The molecule has 0 radical (unpaired) electrons. The molecule has 6 heteroatoms. The van der Waals surface area contributed by atoms with Gasteiger partial charge in [0, 0.05) is 17.4 Å². The predicted octanol–water partition coefficient (Wildman–Crippen LogP) is 3.11. The van der Waals surface area contributed by atoms with Crippen LogP contribution in [0.15, 0.2) is 12.1 Å². The first-order valence-corrected chi connectivity index (χ1v) is 7.23. The minimum absolute atomic E-state index is 0.0428. The molecule has 1 aromatic rings. The third kappa shape index (κ3) is 2.18. The lowest BCUT2D eigenvalue weighted by molar-refractivity contribution is -0.385. The van der Waals surface area contributed by atoms with E-state index in [0.29, 0.717) is 12.0 Å². The summed E-state index contributed by atoms with van der Waals surface area (Å²) in [6, 6.07) is 2.28. The van der Waals surface area contributed by atoms with Crippen LogP contribution in [0.5, 0.6) is 5.75 Å². The molecule has 2 unspecified atom stereocenters. The number of nitro benzene ring substituents is 1. The zero-order valence-corrected chi connectivity index (χ0v) is 11.8. The second-order valence-electron chi connectivity index (χ2n) is 6.12. The van der Waals surface area contributed by atoms with Gasteiger partial charge in [-0.1, -0.05) is 12.8 Å². The van der Waals surface area contributed by atoms with Crippen LogP contribution in [-0.2, 0) is 0 Å². The van der Waals surface area contributed by atoms with Gasteiger partial charge in [-0.15, -0.1) is 0 Å². The summed E-state index contributed by atoms with van der Waals surface area (Å²) in [6.45, 7) is 1.56. The van der Waals surface area contributed by atoms with Gasteiger partial charge in [-0.25, -0.2) is 4.39 Å². The van der Waals surface area contributed by atoms with Gasteiger partial charge in [-0.05, 0) is 25.8 Å². The maximum atomic E-state index is 14.0. The van der Waals surface area contributed by atoms with Crippen LogP contribution in [0.4, 0.5) is 10.1 Å². The monoisotopic (exact) mass is 295 g/mol. The van der Waals surface area contributed by atoms with Gasteiger partial charge in [0.05, 0.1) is 17.1 Å². The number of rotatable bonds is 3. The first-order chi connectivity index (χ1) is 9.94. The highest BCUT2D eigenvalue weighted by Crippen LogP contribution is 2.54. The molecule has 114 valence electrons. The summed E-state index contributed by atoms with van der Waals surface area (Å²) in [5.41, 5.74) is -0.122. The highest BCUT2D eigenvalue weighted by molar-refractivity contribution is 5.45. The van der Waals surface area contributed by atoms with E-state index in [1.165, 1.54) is 6.07 Å². The Hall–Kier alpha value is -1.69. The van der Waals surface area contributed by atoms with E-state index in [4.69, 9.17) is 4.74 Å². The Morgan fingerprint density at radius 2 is 2.10 bits per heavy atom. The summed E-state index contributed by atoms with van der Waals surface area (Å²) in [5.74, 6) is -0.678. The number of hydrogen-bond donors (Lipinski definition) is 1. The van der Waals surface area contributed by atoms with Gasteiger partial charge in [-0.3, -0.25) is 10.1 Å². The van der Waals surface area contributed by atoms with Crippen molar-refractivity contribution in [2.45, 2.75) is 51.2 Å². The van der Waals surface area contributed by atoms with E-state index in [-0.39, 0.29) is 29.1 Å². The number of nitrogens with zero attached hydrogens (tertiary/aromatic N) is 1. The van der Waals surface area contributed by atoms with Gasteiger partial charge in [0.1, 0.15) is 6.10 Å². The molecule has 2 saturated carbocycles. The maximum absolute atomic E-state index is 14.0. The molecule has 2 fully saturated rings. The molecule has 3 rings (SSSR count). The van der Waals surface area contributed by atoms with Gasteiger partial charge in [0.15, 0.2) is 11.6 Å². The Morgan fingerprint density at radius 1 is 1.43 bits per heavy atom. The standard InChI is InChI=1S/C15H18FNO4/c1-9-6-12(10(16)7-11(9)17(19)20)21-14-8-13(18)15(14)4-2-3-5-15/h6-7,13-14,18H,2-5,8H2,1H3. The van der Waals surface area contributed by atoms with Crippen LogP contribution >= 0.6 is 0 Å². The summed E-state index contributed by atoms with van der Waals surface area (Å²) >= 11 is 0. The Morgan fingerprint density at radius 3 is 2.67 bits per heavy atom. The lowest BCUT2D eigenvalue weighted by Crippen LogP contribution is -2.58. The van der Waals surface area contributed by atoms with E-state index < -0.39 is 10.7 Å². The summed E-state index contributed by atoms with van der Waals surface area (Å²) in [6.07, 6.45) is 3.81. The molecule has 1 aromatic carbocycles. The molecule has 0 amide bonds. The fraction of sp³-hybridized carbons (Fsp3) is 0.600. The lowest BCUT2D eigenvalue weighted by Gasteiger charge is -2.51. The Balaban J connectivity index is 1.83. The molecule has 2 aliphatic carbocycles. The van der Waals surface area contributed by atoms with Crippen LogP contribution in [-0.4, -0.2) is 22.2 Å². The molecule has 2 aliphatic rings. The minimum Gasteiger partial charge on any atom is -0.487 e. The fourth-order valence-electron chi connectivity index (χ4n) is 3.66. The molecule has 0 aliphatic heterocycles. The van der Waals surface area contributed by atoms with Crippen LogP contribution in [0.25, 0.3) is 0 Å². The number of nitro groups is 1. The van der Waals surface area contributed by atoms with Crippen molar-refractivity contribution in [1.82, 2.24) is 0 Å². The van der Waals surface area contributed by atoms with Gasteiger partial charge in [0.25, 0.3) is 5.69 Å². The van der Waals surface area contributed by atoms with Gasteiger partial charge in [0.2, 0.25) is 0 Å². The van der Waals surface area contributed by atoms with Crippen molar-refractivity contribution in [2.24, 2.45) is 5.41 Å². The third-order valence-electron chi connectivity index (χ3n) is 4.99. The van der Waals surface area contributed by atoms with E-state index in [0.717, 1.165) is 31.7 Å². The predicted molar refractivity (Wildman–Crippen MR) is 73.7 cm³/mol. The number of aryl methyl sites for hydroxylation is 1. The average molecular weight is 295 g/mol. The van der Waals surface area contributed by atoms with Crippen LogP contribution in [0, 0.1) is 28.3 Å². The number of aliphatic hydroxyl groups excluding tert-OH is 1. The second kappa shape index (κ2) is 4.94. The molecule has 0 bridgehead atoms. The van der Waals surface area contributed by atoms with Crippen molar-refractivity contribution in [3.63, 3.8) is 0 Å². The second-order valence-corrected chi connectivity index (χ2v) is 6.12. The average Bonchev–Trinajstić information content (AvgIpc) is 2.94. The van der Waals surface area contributed by atoms with Crippen LogP contribution in [0.1, 0.15) is 37.7 Å². The summed E-state index contributed by atoms with van der Waals surface area (Å²) in [4.78, 5) is 10.2. The van der Waals surface area contributed by atoms with Gasteiger partial charge < -0.3 is 9.84 Å². The van der Waals surface area contributed by atoms with Crippen molar-refractivity contribution in [2.75, 3.05) is 0 Å². The third-order valence-corrected chi connectivity index (χ3v) is 4.99. The molecule has 21 heavy (non-hydrogen) atoms. The van der Waals surface area contributed by atoms with Crippen molar-refractivity contribution < 1.29 is 19.2 Å². The topological polar surface area (TPSA) is 72.6 Å². The normalized spacial score (nSPS) is 26.6. The minimum atomic E-state index is -0.721. The molecule has 5 nitrogen and oxygen atoms in total. The largest absolute Gasteiger partial charge is 0.487 e. The molecular formula is C15H18FNO4. The molecule has 0 aromatic heterocycles. The SMILES string of the molecule is Cc1cc(OC2CC(O)C23CCCC3)c(F)cc1[N+](=O)[O-]. The first kappa shape index (κ1) is 14.3. The van der Waals surface area contributed by atoms with Crippen molar-refractivity contribution in [3.05, 3.63) is 33.6 Å². The number of ether oxygens (including phenoxy) is 1. The van der Waals surface area contributed by atoms with Gasteiger partial charge >= 0.3 is 0 Å². The van der Waals surface area contributed by atoms with Gasteiger partial charge in [-0.2, -0.15) is 0 Å². The van der Waals surface area contributed by atoms with E-state index in [1.54, 1.807) is 6.92 Å². The van der Waals surface area contributed by atoms with E-state index in [2.05, 4.69) is 0 Å². The zero-order chi connectivity index (χ0) is 15.2. The Kier molecular flexibility index (Phi) is 3.36. The molecular weight excluding hydrogens is 277 g/mol. The quantitative estimate of drug-likeness (QED) is 0.687. The zero-order valence-electron chi connectivity index (χ0n) is 11.8. The summed E-state index contributed by atoms with van der Waals surface area (Å²) in [7, 11) is 0. The van der Waals surface area contributed by atoms with Crippen LogP contribution in [0.3, 0.4) is 0 Å². The smallest absolute Gasteiger partial charge is 0.275 e. The molecule has 1 spiro atoms. The highest BCUT2D eigenvalue weighted by atomic mass is 19.1. The fourth-order valence-corrected chi connectivity index (χ4v) is 3.66. The lowest BCUT2D eigenvalue weighted by atomic mass is 9.62. The summed E-state index contributed by atoms with van der Waals surface area (Å²) < 4.78 is 19.7. The maximum Gasteiger partial charge on any atom is 0.275 e. The van der Waals surface area contributed by atoms with Crippen molar-refractivity contribution in [3.8, 4) is 5.75 Å². The van der Waals surface area contributed by atoms with Crippen molar-refractivity contribution in [1.29, 1.82) is 0 Å². The molecule has 0 saturated heterocycles. The Labute approximate surface area is 121 Å². The van der Waals surface area contributed by atoms with E-state index >= 15 is 0 Å². The van der Waals surface area contributed by atoms with Crippen LogP contribution < -0.4 is 4.74 Å². The van der Waals surface area contributed by atoms with E-state index in [1.807, 2.05) is 0 Å². The van der Waals surface area contributed by atoms with Crippen molar-refractivity contribution >= 4 is 5.69 Å². The number of halogens is 1. The number of benzene rings is 1. The molecule has 1 N–H and O–H groups in total. The molecule has 0 heterocycles. The first-order valence-electron chi connectivity index (χ1n) is 7.23. The van der Waals surface area contributed by atoms with E-state index in [9.17, 15) is 19.6 Å². The molecule has 2 atom stereocenters. The Bertz CT molecular complexity index is 583. The van der Waals surface area contributed by atoms with Crippen LogP contribution in [0.2, 0.25) is 0 Å².